The van der Waals surface area contributed by atoms with Gasteiger partial charge in [-0.3, -0.25) is 0 Å². The zero-order valence-electron chi connectivity index (χ0n) is 12.5. The van der Waals surface area contributed by atoms with E-state index in [1.54, 1.807) is 22.0 Å². The molecule has 0 unspecified atom stereocenters. The summed E-state index contributed by atoms with van der Waals surface area (Å²) in [6.45, 7) is 4.18. The van der Waals surface area contributed by atoms with Crippen molar-refractivity contribution in [3.63, 3.8) is 0 Å². The third-order valence-corrected chi connectivity index (χ3v) is 3.65. The van der Waals surface area contributed by atoms with E-state index in [1.165, 1.54) is 0 Å². The molecule has 0 radical (unpaired) electrons. The van der Waals surface area contributed by atoms with Crippen molar-refractivity contribution in [2.24, 2.45) is 0 Å². The molecule has 0 aromatic carbocycles. The van der Waals surface area contributed by atoms with Crippen LogP contribution in [0.25, 0.3) is 5.82 Å². The number of ether oxygens (including phenoxy) is 1. The van der Waals surface area contributed by atoms with E-state index in [0.29, 0.717) is 26.3 Å². The fraction of sp³-hybridized carbons (Fsp3) is 0.400. The normalized spacial score (nSPS) is 18.2. The molecule has 1 fully saturated rings. The fourth-order valence-corrected chi connectivity index (χ4v) is 2.47. The summed E-state index contributed by atoms with van der Waals surface area (Å²) in [4.78, 5) is 18.4. The molecule has 116 valence electrons. The monoisotopic (exact) mass is 301 g/mol. The van der Waals surface area contributed by atoms with Crippen LogP contribution in [-0.4, -0.2) is 51.5 Å². The molecule has 7 heteroatoms. The summed E-state index contributed by atoms with van der Waals surface area (Å²) in [6.07, 6.45) is 5.25. The lowest BCUT2D eigenvalue weighted by Gasteiger charge is -2.33. The summed E-state index contributed by atoms with van der Waals surface area (Å²) in [5.41, 5.74) is 0.917. The number of nitrogens with zero attached hydrogens (tertiary/aromatic N) is 4. The van der Waals surface area contributed by atoms with Gasteiger partial charge in [0.25, 0.3) is 0 Å². The molecular formula is C15H19N5O2. The van der Waals surface area contributed by atoms with E-state index in [1.807, 2.05) is 31.3 Å². The molecule has 1 aliphatic rings. The van der Waals surface area contributed by atoms with Gasteiger partial charge in [-0.2, -0.15) is 5.10 Å². The first-order valence-electron chi connectivity index (χ1n) is 7.32. The maximum Gasteiger partial charge on any atom is 0.318 e. The average Bonchev–Trinajstić information content (AvgIpc) is 3.07. The van der Waals surface area contributed by atoms with Crippen molar-refractivity contribution in [2.45, 2.75) is 19.5 Å². The number of morpholine rings is 1. The number of carbonyl (C=O) groups excluding carboxylic acids is 1. The summed E-state index contributed by atoms with van der Waals surface area (Å²) < 4.78 is 7.04. The summed E-state index contributed by atoms with van der Waals surface area (Å²) in [5.74, 6) is 0.725. The van der Waals surface area contributed by atoms with Crippen molar-refractivity contribution >= 4 is 6.03 Å². The number of carbonyl (C=O) groups is 1. The third kappa shape index (κ3) is 3.09. The largest absolute Gasteiger partial charge is 0.377 e. The van der Waals surface area contributed by atoms with E-state index in [0.717, 1.165) is 11.4 Å². The van der Waals surface area contributed by atoms with E-state index < -0.39 is 0 Å². The van der Waals surface area contributed by atoms with Crippen LogP contribution in [0.2, 0.25) is 0 Å². The lowest BCUT2D eigenvalue weighted by Crippen LogP contribution is -2.51. The quantitative estimate of drug-likeness (QED) is 0.924. The zero-order valence-corrected chi connectivity index (χ0v) is 12.5. The van der Waals surface area contributed by atoms with Gasteiger partial charge in [-0.25, -0.2) is 14.5 Å². The van der Waals surface area contributed by atoms with Crippen molar-refractivity contribution in [1.29, 1.82) is 0 Å². The summed E-state index contributed by atoms with van der Waals surface area (Å²) in [5, 5.41) is 7.14. The van der Waals surface area contributed by atoms with Crippen LogP contribution >= 0.6 is 0 Å². The van der Waals surface area contributed by atoms with Gasteiger partial charge >= 0.3 is 6.03 Å². The van der Waals surface area contributed by atoms with Crippen molar-refractivity contribution in [3.8, 4) is 5.82 Å². The Kier molecular flexibility index (Phi) is 4.34. The average molecular weight is 301 g/mol. The smallest absolute Gasteiger partial charge is 0.318 e. The van der Waals surface area contributed by atoms with E-state index in [4.69, 9.17) is 4.74 Å². The van der Waals surface area contributed by atoms with Crippen LogP contribution in [0.3, 0.4) is 0 Å². The van der Waals surface area contributed by atoms with Crippen LogP contribution in [0.5, 0.6) is 0 Å². The van der Waals surface area contributed by atoms with Gasteiger partial charge in [0.05, 0.1) is 19.3 Å². The minimum Gasteiger partial charge on any atom is -0.377 e. The first-order valence-corrected chi connectivity index (χ1v) is 7.32. The molecule has 22 heavy (non-hydrogen) atoms. The number of urea groups is 1. The molecule has 1 atom stereocenters. The summed E-state index contributed by atoms with van der Waals surface area (Å²) in [6, 6.07) is 5.64. The van der Waals surface area contributed by atoms with E-state index in [2.05, 4.69) is 15.4 Å². The molecule has 1 N–H and O–H groups in total. The number of rotatable bonds is 3. The Balaban J connectivity index is 1.68. The topological polar surface area (TPSA) is 72.3 Å². The van der Waals surface area contributed by atoms with E-state index in [-0.39, 0.29) is 12.1 Å². The Morgan fingerprint density at radius 1 is 1.45 bits per heavy atom. The highest BCUT2D eigenvalue weighted by atomic mass is 16.5. The van der Waals surface area contributed by atoms with Crippen LogP contribution in [0, 0.1) is 0 Å². The predicted octanol–water partition coefficient (Wildman–Crippen LogP) is 1.20. The van der Waals surface area contributed by atoms with Gasteiger partial charge in [0.1, 0.15) is 0 Å². The second-order valence-corrected chi connectivity index (χ2v) is 5.21. The zero-order chi connectivity index (χ0) is 15.4. The van der Waals surface area contributed by atoms with Crippen molar-refractivity contribution in [2.75, 3.05) is 19.8 Å². The molecule has 1 aliphatic heterocycles. The van der Waals surface area contributed by atoms with Crippen LogP contribution in [0.15, 0.2) is 36.8 Å². The van der Waals surface area contributed by atoms with Crippen LogP contribution < -0.4 is 5.32 Å². The third-order valence-electron chi connectivity index (χ3n) is 3.65. The van der Waals surface area contributed by atoms with Crippen molar-refractivity contribution in [1.82, 2.24) is 25.0 Å². The molecule has 0 bridgehead atoms. The minimum atomic E-state index is -0.0777. The Morgan fingerprint density at radius 3 is 3.14 bits per heavy atom. The number of amides is 2. The second kappa shape index (κ2) is 6.57. The van der Waals surface area contributed by atoms with Crippen LogP contribution in [-0.2, 0) is 11.3 Å². The molecule has 0 aliphatic carbocycles. The van der Waals surface area contributed by atoms with Gasteiger partial charge in [0, 0.05) is 37.2 Å². The molecule has 3 rings (SSSR count). The summed E-state index contributed by atoms with van der Waals surface area (Å²) in [7, 11) is 0. The van der Waals surface area contributed by atoms with Gasteiger partial charge in [0.2, 0.25) is 0 Å². The number of pyridine rings is 1. The van der Waals surface area contributed by atoms with Gasteiger partial charge in [0.15, 0.2) is 5.82 Å². The number of hydrogen-bond donors (Lipinski definition) is 1. The van der Waals surface area contributed by atoms with Crippen LogP contribution in [0.4, 0.5) is 4.79 Å². The van der Waals surface area contributed by atoms with Gasteiger partial charge in [-0.05, 0) is 19.1 Å². The van der Waals surface area contributed by atoms with E-state index in [9.17, 15) is 4.79 Å². The SMILES string of the molecule is C[C@H]1COCCN1C(=O)NCc1cccnc1-n1cccn1. The molecule has 0 spiro atoms. The Morgan fingerprint density at radius 2 is 2.36 bits per heavy atom. The standard InChI is InChI=1S/C15H19N5O2/c1-12-11-22-9-8-19(12)15(21)17-10-13-4-2-5-16-14(13)20-7-3-6-18-20/h2-7,12H,8-11H2,1H3,(H,17,21)/t12-/m0/s1. The van der Waals surface area contributed by atoms with Gasteiger partial charge in [-0.15, -0.1) is 0 Å². The first kappa shape index (κ1) is 14.5. The molecular weight excluding hydrogens is 282 g/mol. The number of aromatic nitrogens is 3. The Labute approximate surface area is 128 Å². The molecule has 7 nitrogen and oxygen atoms in total. The number of hydrogen-bond acceptors (Lipinski definition) is 4. The molecule has 2 amide bonds. The first-order chi connectivity index (χ1) is 10.8. The minimum absolute atomic E-state index is 0.0777. The highest BCUT2D eigenvalue weighted by Gasteiger charge is 2.23. The molecule has 3 heterocycles. The van der Waals surface area contributed by atoms with Crippen molar-refractivity contribution < 1.29 is 9.53 Å². The van der Waals surface area contributed by atoms with Gasteiger partial charge in [-0.1, -0.05) is 6.07 Å². The lowest BCUT2D eigenvalue weighted by atomic mass is 10.2. The van der Waals surface area contributed by atoms with Crippen LogP contribution in [0.1, 0.15) is 12.5 Å². The predicted molar refractivity (Wildman–Crippen MR) is 80.6 cm³/mol. The van der Waals surface area contributed by atoms with Gasteiger partial charge < -0.3 is 15.0 Å². The van der Waals surface area contributed by atoms with Crippen molar-refractivity contribution in [3.05, 3.63) is 42.4 Å². The number of nitrogens with one attached hydrogen (secondary N) is 1. The second-order valence-electron chi connectivity index (χ2n) is 5.21. The van der Waals surface area contributed by atoms with E-state index >= 15 is 0 Å². The highest BCUT2D eigenvalue weighted by Crippen LogP contribution is 2.11. The summed E-state index contributed by atoms with van der Waals surface area (Å²) >= 11 is 0. The highest BCUT2D eigenvalue weighted by molar-refractivity contribution is 5.74. The molecule has 2 aromatic rings. The maximum absolute atomic E-state index is 12.3. The molecule has 2 aromatic heterocycles. The fourth-order valence-electron chi connectivity index (χ4n) is 2.47. The molecule has 1 saturated heterocycles. The Hall–Kier alpha value is -2.41. The maximum atomic E-state index is 12.3. The molecule has 0 saturated carbocycles. The lowest BCUT2D eigenvalue weighted by molar-refractivity contribution is 0.0190. The Bertz CT molecular complexity index is 629.